The topological polar surface area (TPSA) is 93.8 Å². The van der Waals surface area contributed by atoms with Crippen LogP contribution in [0.25, 0.3) is 22.0 Å². The summed E-state index contributed by atoms with van der Waals surface area (Å²) in [7, 11) is 0. The van der Waals surface area contributed by atoms with Gasteiger partial charge in [0.2, 0.25) is 5.95 Å². The molecule has 0 bridgehead atoms. The molecule has 128 valence electrons. The van der Waals surface area contributed by atoms with Crippen LogP contribution in [0.4, 0.5) is 14.5 Å². The van der Waals surface area contributed by atoms with Crippen LogP contribution in [0.5, 0.6) is 0 Å². The van der Waals surface area contributed by atoms with Gasteiger partial charge < -0.3 is 11.1 Å². The van der Waals surface area contributed by atoms with Gasteiger partial charge in [0.15, 0.2) is 5.69 Å². The summed E-state index contributed by atoms with van der Waals surface area (Å²) in [5, 5.41) is 10.7. The maximum atomic E-state index is 14.4. The average Bonchev–Trinajstić information content (AvgIpc) is 2.61. The third kappa shape index (κ3) is 2.98. The number of anilines is 1. The van der Waals surface area contributed by atoms with Gasteiger partial charge in [-0.1, -0.05) is 6.92 Å². The number of aromatic nitrogens is 3. The molecule has 0 atom stereocenters. The maximum Gasteiger partial charge on any atom is 0.273 e. The Morgan fingerprint density at radius 3 is 2.76 bits per heavy atom. The first kappa shape index (κ1) is 16.7. The van der Waals surface area contributed by atoms with Gasteiger partial charge in [-0.15, -0.1) is 10.2 Å². The molecule has 0 aliphatic heterocycles. The summed E-state index contributed by atoms with van der Waals surface area (Å²) < 4.78 is 28.4. The summed E-state index contributed by atoms with van der Waals surface area (Å²) in [6.07, 6.45) is 2.01. The lowest BCUT2D eigenvalue weighted by atomic mass is 10.0. The van der Waals surface area contributed by atoms with Gasteiger partial charge in [-0.2, -0.15) is 4.39 Å². The minimum atomic E-state index is -0.834. The number of rotatable bonds is 4. The zero-order chi connectivity index (χ0) is 18.0. The summed E-state index contributed by atoms with van der Waals surface area (Å²) in [6, 6.07) is 5.42. The minimum absolute atomic E-state index is 0.0508. The predicted molar refractivity (Wildman–Crippen MR) is 89.7 cm³/mol. The van der Waals surface area contributed by atoms with Crippen LogP contribution in [-0.2, 0) is 0 Å². The SMILES string of the molecule is CCCNC(=O)c1nnc2c(-c3cccnc3F)c(F)ccc2c1N. The molecule has 1 amide bonds. The van der Waals surface area contributed by atoms with Gasteiger partial charge in [-0.3, -0.25) is 4.79 Å². The number of carbonyl (C=O) groups excluding carboxylic acids is 1. The number of carbonyl (C=O) groups is 1. The molecule has 0 radical (unpaired) electrons. The van der Waals surface area contributed by atoms with E-state index in [0.717, 1.165) is 12.5 Å². The van der Waals surface area contributed by atoms with Crippen LogP contribution >= 0.6 is 0 Å². The standard InChI is InChI=1S/C17H15F2N5O/c1-2-7-22-17(25)15-13(20)10-5-6-11(18)12(14(10)23-24-15)9-4-3-8-21-16(9)19/h3-6,8H,2,7H2,1H3,(H2,20,23)(H,22,25). The summed E-state index contributed by atoms with van der Waals surface area (Å²) in [6.45, 7) is 2.38. The maximum absolute atomic E-state index is 14.4. The molecule has 0 aliphatic rings. The van der Waals surface area contributed by atoms with Crippen molar-refractivity contribution in [2.45, 2.75) is 13.3 Å². The molecule has 3 aromatic rings. The number of benzene rings is 1. The van der Waals surface area contributed by atoms with Crippen molar-refractivity contribution in [3.63, 3.8) is 0 Å². The van der Waals surface area contributed by atoms with Crippen LogP contribution in [0.2, 0.25) is 0 Å². The first-order valence-electron chi connectivity index (χ1n) is 7.68. The second-order valence-electron chi connectivity index (χ2n) is 5.38. The quantitative estimate of drug-likeness (QED) is 0.710. The zero-order valence-electron chi connectivity index (χ0n) is 13.4. The molecule has 3 N–H and O–H groups in total. The van der Waals surface area contributed by atoms with Crippen LogP contribution in [0, 0.1) is 11.8 Å². The van der Waals surface area contributed by atoms with Crippen molar-refractivity contribution in [2.75, 3.05) is 12.3 Å². The first-order valence-corrected chi connectivity index (χ1v) is 7.68. The van der Waals surface area contributed by atoms with E-state index in [4.69, 9.17) is 5.73 Å². The normalized spacial score (nSPS) is 10.8. The monoisotopic (exact) mass is 343 g/mol. The van der Waals surface area contributed by atoms with Crippen molar-refractivity contribution in [3.05, 3.63) is 47.9 Å². The number of pyridine rings is 1. The summed E-state index contributed by atoms with van der Waals surface area (Å²) in [5.41, 5.74) is 5.96. The smallest absolute Gasteiger partial charge is 0.273 e. The number of fused-ring (bicyclic) bond motifs is 1. The summed E-state index contributed by atoms with van der Waals surface area (Å²) >= 11 is 0. The molecule has 0 aliphatic carbocycles. The van der Waals surface area contributed by atoms with Gasteiger partial charge in [0.25, 0.3) is 5.91 Å². The van der Waals surface area contributed by atoms with Gasteiger partial charge in [0.1, 0.15) is 11.3 Å². The highest BCUT2D eigenvalue weighted by atomic mass is 19.1. The van der Waals surface area contributed by atoms with E-state index in [0.29, 0.717) is 11.9 Å². The van der Waals surface area contributed by atoms with Crippen LogP contribution in [0.15, 0.2) is 30.5 Å². The van der Waals surface area contributed by atoms with Crippen LogP contribution in [0.1, 0.15) is 23.8 Å². The number of nitrogens with two attached hydrogens (primary N) is 1. The Labute approximate surface area is 142 Å². The number of halogens is 2. The fourth-order valence-electron chi connectivity index (χ4n) is 2.49. The van der Waals surface area contributed by atoms with Crippen molar-refractivity contribution in [1.29, 1.82) is 0 Å². The Balaban J connectivity index is 2.21. The highest BCUT2D eigenvalue weighted by molar-refractivity contribution is 6.07. The van der Waals surface area contributed by atoms with E-state index in [2.05, 4.69) is 20.5 Å². The van der Waals surface area contributed by atoms with E-state index in [1.807, 2.05) is 6.92 Å². The second-order valence-corrected chi connectivity index (χ2v) is 5.38. The molecule has 8 heteroatoms. The Morgan fingerprint density at radius 1 is 1.24 bits per heavy atom. The minimum Gasteiger partial charge on any atom is -0.396 e. The van der Waals surface area contributed by atoms with Gasteiger partial charge in [-0.05, 0) is 30.7 Å². The summed E-state index contributed by atoms with van der Waals surface area (Å²) in [4.78, 5) is 15.6. The van der Waals surface area contributed by atoms with Gasteiger partial charge in [0.05, 0.1) is 11.3 Å². The molecule has 1 aromatic carbocycles. The Morgan fingerprint density at radius 2 is 2.04 bits per heavy atom. The number of hydrogen-bond acceptors (Lipinski definition) is 5. The molecule has 0 saturated carbocycles. The molecule has 3 rings (SSSR count). The van der Waals surface area contributed by atoms with Gasteiger partial charge in [-0.25, -0.2) is 9.37 Å². The second kappa shape index (κ2) is 6.76. The molecule has 6 nitrogen and oxygen atoms in total. The van der Waals surface area contributed by atoms with Gasteiger partial charge >= 0.3 is 0 Å². The molecule has 0 spiro atoms. The Kier molecular flexibility index (Phi) is 4.51. The third-order valence-electron chi connectivity index (χ3n) is 3.70. The van der Waals surface area contributed by atoms with E-state index >= 15 is 0 Å². The number of nitrogen functional groups attached to an aromatic ring is 1. The Hall–Kier alpha value is -3.16. The third-order valence-corrected chi connectivity index (χ3v) is 3.70. The van der Waals surface area contributed by atoms with E-state index in [1.165, 1.54) is 24.4 Å². The molecule has 2 aromatic heterocycles. The lowest BCUT2D eigenvalue weighted by Crippen LogP contribution is -2.26. The van der Waals surface area contributed by atoms with Crippen molar-refractivity contribution < 1.29 is 13.6 Å². The van der Waals surface area contributed by atoms with Crippen LogP contribution in [-0.4, -0.2) is 27.6 Å². The molecule has 25 heavy (non-hydrogen) atoms. The van der Waals surface area contributed by atoms with Gasteiger partial charge in [0, 0.05) is 23.7 Å². The Bertz CT molecular complexity index is 961. The zero-order valence-corrected chi connectivity index (χ0v) is 13.4. The van der Waals surface area contributed by atoms with E-state index in [1.54, 1.807) is 0 Å². The summed E-state index contributed by atoms with van der Waals surface area (Å²) in [5.74, 6) is -1.98. The highest BCUT2D eigenvalue weighted by Gasteiger charge is 2.21. The van der Waals surface area contributed by atoms with E-state index in [9.17, 15) is 13.6 Å². The number of amides is 1. The molecule has 0 fully saturated rings. The highest BCUT2D eigenvalue weighted by Crippen LogP contribution is 2.33. The number of nitrogens with one attached hydrogen (secondary N) is 1. The number of hydrogen-bond donors (Lipinski definition) is 2. The lowest BCUT2D eigenvalue weighted by molar-refractivity contribution is 0.0949. The van der Waals surface area contributed by atoms with Crippen molar-refractivity contribution in [1.82, 2.24) is 20.5 Å². The van der Waals surface area contributed by atoms with E-state index < -0.39 is 17.7 Å². The first-order chi connectivity index (χ1) is 12.0. The molecular weight excluding hydrogens is 328 g/mol. The fourth-order valence-corrected chi connectivity index (χ4v) is 2.49. The lowest BCUT2D eigenvalue weighted by Gasteiger charge is -2.11. The van der Waals surface area contributed by atoms with Crippen molar-refractivity contribution >= 4 is 22.5 Å². The average molecular weight is 343 g/mol. The molecule has 0 unspecified atom stereocenters. The van der Waals surface area contributed by atoms with Crippen LogP contribution < -0.4 is 11.1 Å². The molecule has 2 heterocycles. The van der Waals surface area contributed by atoms with Crippen molar-refractivity contribution in [2.24, 2.45) is 0 Å². The van der Waals surface area contributed by atoms with Crippen molar-refractivity contribution in [3.8, 4) is 11.1 Å². The van der Waals surface area contributed by atoms with E-state index in [-0.39, 0.29) is 28.0 Å². The molecular formula is C17H15F2N5O. The fraction of sp³-hybridized carbons (Fsp3) is 0.176. The predicted octanol–water partition coefficient (Wildman–Crippen LogP) is 2.69. The largest absolute Gasteiger partial charge is 0.396 e. The van der Waals surface area contributed by atoms with Crippen LogP contribution in [0.3, 0.4) is 0 Å². The number of nitrogens with zero attached hydrogens (tertiary/aromatic N) is 3. The molecule has 0 saturated heterocycles.